The zero-order valence-electron chi connectivity index (χ0n) is 17.1. The minimum Gasteiger partial charge on any atom is -0.357 e. The molecule has 0 spiro atoms. The van der Waals surface area contributed by atoms with E-state index in [0.29, 0.717) is 0 Å². The van der Waals surface area contributed by atoms with E-state index >= 15 is 0 Å². The van der Waals surface area contributed by atoms with Crippen LogP contribution in [0.1, 0.15) is 49.4 Å². The number of benzene rings is 2. The molecule has 0 unspecified atom stereocenters. The predicted molar refractivity (Wildman–Crippen MR) is 119 cm³/mol. The number of hydrogen-bond donors (Lipinski definition) is 0. The number of carbonyl (C=O) groups excluding carboxylic acids is 1. The average molecular weight is 460 g/mol. The van der Waals surface area contributed by atoms with Crippen LogP contribution in [0.5, 0.6) is 0 Å². The lowest BCUT2D eigenvalue weighted by molar-refractivity contribution is -0.130. The maximum absolute atomic E-state index is 13.7. The number of halogens is 1. The summed E-state index contributed by atoms with van der Waals surface area (Å²) in [6.45, 7) is 5.68. The summed E-state index contributed by atoms with van der Waals surface area (Å²) in [5.41, 5.74) is 0.695. The maximum atomic E-state index is 13.7. The van der Waals surface area contributed by atoms with Gasteiger partial charge in [0.25, 0.3) is 0 Å². The Balaban J connectivity index is 2.02. The van der Waals surface area contributed by atoms with Crippen molar-refractivity contribution in [3.8, 4) is 12.1 Å². The fourth-order valence-electron chi connectivity index (χ4n) is 4.78. The fraction of sp³-hybridized carbons (Fsp3) is 0.320. The molecule has 4 rings (SSSR count). The number of hydrogen-bond acceptors (Lipinski definition) is 4. The Hall–Kier alpha value is -2.89. The van der Waals surface area contributed by atoms with Gasteiger partial charge in [-0.1, -0.05) is 73.1 Å². The number of Topliss-reactive ketones (excluding diaryl/α,β-unsaturated/α-hetero) is 1. The molecule has 5 heteroatoms. The van der Waals surface area contributed by atoms with Crippen molar-refractivity contribution >= 4 is 27.8 Å². The molecule has 0 bridgehead atoms. The van der Waals surface area contributed by atoms with Crippen molar-refractivity contribution in [2.75, 3.05) is 0 Å². The van der Waals surface area contributed by atoms with Crippen LogP contribution in [-0.4, -0.2) is 16.7 Å². The lowest BCUT2D eigenvalue weighted by Crippen LogP contribution is -2.43. The number of nitriles is 2. The molecule has 2 aromatic rings. The Morgan fingerprint density at radius 2 is 1.70 bits per heavy atom. The van der Waals surface area contributed by atoms with Crippen molar-refractivity contribution in [1.82, 2.24) is 4.90 Å². The molecule has 0 saturated carbocycles. The van der Waals surface area contributed by atoms with E-state index in [1.807, 2.05) is 86.5 Å². The van der Waals surface area contributed by atoms with E-state index in [4.69, 9.17) is 0 Å². The van der Waals surface area contributed by atoms with Crippen LogP contribution in [-0.2, 0) is 4.79 Å². The first kappa shape index (κ1) is 20.4. The molecule has 2 aliphatic rings. The van der Waals surface area contributed by atoms with Gasteiger partial charge in [-0.05, 0) is 34.9 Å². The van der Waals surface area contributed by atoms with E-state index in [-0.39, 0.29) is 5.78 Å². The van der Waals surface area contributed by atoms with Crippen LogP contribution in [0.15, 0.2) is 59.2 Å². The first-order valence-corrected chi connectivity index (χ1v) is 10.7. The van der Waals surface area contributed by atoms with Crippen LogP contribution in [0, 0.1) is 33.5 Å². The standard InChI is InChI=1S/C25H22BrN3O/c1-24(2,3)23(30)21-20(17-8-10-18(26)11-9-17)25(14-27,15-28)22-19-7-5-4-6-16(19)12-13-29(21)22/h4-13,20-22H,1-3H3/t20-,21+,22-/m0/s1. The highest BCUT2D eigenvalue weighted by Gasteiger charge is 2.64. The van der Waals surface area contributed by atoms with E-state index in [9.17, 15) is 15.3 Å². The number of nitrogens with zero attached hydrogens (tertiary/aromatic N) is 3. The molecular formula is C25H22BrN3O. The minimum absolute atomic E-state index is 0.0248. The van der Waals surface area contributed by atoms with E-state index in [2.05, 4.69) is 28.1 Å². The van der Waals surface area contributed by atoms with Crippen molar-refractivity contribution in [3.05, 3.63) is 75.9 Å². The molecule has 2 heterocycles. The van der Waals surface area contributed by atoms with Gasteiger partial charge in [-0.3, -0.25) is 4.79 Å². The molecular weight excluding hydrogens is 438 g/mol. The third-order valence-corrected chi connectivity index (χ3v) is 6.71. The lowest BCUT2D eigenvalue weighted by Gasteiger charge is -2.36. The molecule has 0 N–H and O–H groups in total. The second kappa shape index (κ2) is 7.11. The number of fused-ring (bicyclic) bond motifs is 3. The number of ketones is 1. The van der Waals surface area contributed by atoms with E-state index in [1.54, 1.807) is 0 Å². The molecule has 2 aromatic carbocycles. The van der Waals surface area contributed by atoms with Gasteiger partial charge in [0, 0.05) is 22.0 Å². The zero-order chi connectivity index (χ0) is 21.7. The summed E-state index contributed by atoms with van der Waals surface area (Å²) in [5.74, 6) is -0.551. The molecule has 0 radical (unpaired) electrons. The molecule has 1 saturated heterocycles. The van der Waals surface area contributed by atoms with Crippen molar-refractivity contribution in [1.29, 1.82) is 10.5 Å². The topological polar surface area (TPSA) is 67.9 Å². The molecule has 2 aliphatic heterocycles. The van der Waals surface area contributed by atoms with Crippen molar-refractivity contribution in [2.45, 2.75) is 38.8 Å². The first-order chi connectivity index (χ1) is 14.2. The van der Waals surface area contributed by atoms with E-state index in [0.717, 1.165) is 21.2 Å². The molecule has 0 aromatic heterocycles. The summed E-state index contributed by atoms with van der Waals surface area (Å²) in [7, 11) is 0. The van der Waals surface area contributed by atoms with Gasteiger partial charge in [0.2, 0.25) is 0 Å². The molecule has 0 amide bonds. The highest BCUT2D eigenvalue weighted by molar-refractivity contribution is 9.10. The molecule has 150 valence electrons. The first-order valence-electron chi connectivity index (χ1n) is 9.91. The predicted octanol–water partition coefficient (Wildman–Crippen LogP) is 5.59. The molecule has 30 heavy (non-hydrogen) atoms. The largest absolute Gasteiger partial charge is 0.357 e. The summed E-state index contributed by atoms with van der Waals surface area (Å²) in [4.78, 5) is 15.7. The highest BCUT2D eigenvalue weighted by Crippen LogP contribution is 2.60. The van der Waals surface area contributed by atoms with Gasteiger partial charge in [0.15, 0.2) is 11.2 Å². The number of rotatable bonds is 2. The summed E-state index contributed by atoms with van der Waals surface area (Å²) in [6, 6.07) is 19.0. The van der Waals surface area contributed by atoms with E-state index in [1.165, 1.54) is 0 Å². The van der Waals surface area contributed by atoms with Crippen LogP contribution in [0.2, 0.25) is 0 Å². The van der Waals surface area contributed by atoms with Gasteiger partial charge in [-0.2, -0.15) is 10.5 Å². The normalized spacial score (nSPS) is 23.8. The molecule has 3 atom stereocenters. The lowest BCUT2D eigenvalue weighted by atomic mass is 9.66. The van der Waals surface area contributed by atoms with Crippen LogP contribution in [0.4, 0.5) is 0 Å². The van der Waals surface area contributed by atoms with Crippen LogP contribution in [0.25, 0.3) is 6.08 Å². The van der Waals surface area contributed by atoms with Crippen LogP contribution >= 0.6 is 15.9 Å². The SMILES string of the molecule is CC(C)(C)C(=O)[C@H]1[C@H](c2ccc(Br)cc2)C(C#N)(C#N)[C@@H]2c3ccccc3C=CN21. The summed E-state index contributed by atoms with van der Waals surface area (Å²) < 4.78 is 0.908. The maximum Gasteiger partial charge on any atom is 0.177 e. The van der Waals surface area contributed by atoms with Crippen LogP contribution < -0.4 is 0 Å². The summed E-state index contributed by atoms with van der Waals surface area (Å²) in [6.07, 6.45) is 3.86. The van der Waals surface area contributed by atoms with E-state index < -0.39 is 28.8 Å². The zero-order valence-corrected chi connectivity index (χ0v) is 18.7. The Morgan fingerprint density at radius 1 is 1.07 bits per heavy atom. The van der Waals surface area contributed by atoms with Crippen LogP contribution in [0.3, 0.4) is 0 Å². The van der Waals surface area contributed by atoms with Gasteiger partial charge in [0.05, 0.1) is 24.2 Å². The van der Waals surface area contributed by atoms with Crippen molar-refractivity contribution in [3.63, 3.8) is 0 Å². The smallest absolute Gasteiger partial charge is 0.177 e. The molecule has 0 aliphatic carbocycles. The summed E-state index contributed by atoms with van der Waals surface area (Å²) in [5, 5.41) is 20.9. The molecule has 4 nitrogen and oxygen atoms in total. The Kier molecular flexibility index (Phi) is 4.83. The summed E-state index contributed by atoms with van der Waals surface area (Å²) >= 11 is 3.46. The third kappa shape index (κ3) is 2.89. The minimum atomic E-state index is -1.40. The average Bonchev–Trinajstić information content (AvgIpc) is 3.04. The number of carbonyl (C=O) groups is 1. The quantitative estimate of drug-likeness (QED) is 0.586. The molecule has 1 fully saturated rings. The van der Waals surface area contributed by atoms with Crippen molar-refractivity contribution in [2.24, 2.45) is 10.8 Å². The highest BCUT2D eigenvalue weighted by atomic mass is 79.9. The Bertz CT molecular complexity index is 1100. The second-order valence-electron chi connectivity index (χ2n) is 8.98. The van der Waals surface area contributed by atoms with Gasteiger partial charge < -0.3 is 4.90 Å². The van der Waals surface area contributed by atoms with Crippen molar-refractivity contribution < 1.29 is 4.79 Å². The Labute approximate surface area is 185 Å². The van der Waals surface area contributed by atoms with Gasteiger partial charge in [0.1, 0.15) is 0 Å². The second-order valence-corrected chi connectivity index (χ2v) is 9.89. The van der Waals surface area contributed by atoms with Gasteiger partial charge in [-0.25, -0.2) is 0 Å². The Morgan fingerprint density at radius 3 is 2.30 bits per heavy atom. The third-order valence-electron chi connectivity index (χ3n) is 6.18. The van der Waals surface area contributed by atoms with Gasteiger partial charge >= 0.3 is 0 Å². The monoisotopic (exact) mass is 459 g/mol. The van der Waals surface area contributed by atoms with Gasteiger partial charge in [-0.15, -0.1) is 0 Å². The fourth-order valence-corrected chi connectivity index (χ4v) is 5.05.